The van der Waals surface area contributed by atoms with Crippen molar-refractivity contribution in [3.63, 3.8) is 0 Å². The van der Waals surface area contributed by atoms with E-state index in [2.05, 4.69) is 17.1 Å². The third-order valence-electron chi connectivity index (χ3n) is 5.08. The van der Waals surface area contributed by atoms with Gasteiger partial charge in [-0.1, -0.05) is 25.8 Å². The standard InChI is InChI=1S/C18H27FN2/c1-2-10-20-17(14-5-3-4-6-14)13-21-11-9-15-7-8-16(19)12-18(15)21/h7-8,12,14,17,20H,2-6,9-11,13H2,1H3. The van der Waals surface area contributed by atoms with E-state index in [9.17, 15) is 4.39 Å². The van der Waals surface area contributed by atoms with E-state index in [1.165, 1.54) is 37.7 Å². The average Bonchev–Trinajstić information content (AvgIpc) is 3.13. The molecular weight excluding hydrogens is 263 g/mol. The van der Waals surface area contributed by atoms with Gasteiger partial charge in [-0.3, -0.25) is 0 Å². The van der Waals surface area contributed by atoms with Crippen molar-refractivity contribution in [2.45, 2.75) is 51.5 Å². The summed E-state index contributed by atoms with van der Waals surface area (Å²) in [6.07, 6.45) is 7.69. The molecule has 3 heteroatoms. The maximum absolute atomic E-state index is 13.5. The maximum Gasteiger partial charge on any atom is 0.125 e. The van der Waals surface area contributed by atoms with E-state index < -0.39 is 0 Å². The van der Waals surface area contributed by atoms with Gasteiger partial charge in [-0.2, -0.15) is 0 Å². The zero-order valence-corrected chi connectivity index (χ0v) is 13.1. The van der Waals surface area contributed by atoms with Gasteiger partial charge in [0.2, 0.25) is 0 Å². The highest BCUT2D eigenvalue weighted by Crippen LogP contribution is 2.32. The molecule has 1 aromatic carbocycles. The molecule has 0 amide bonds. The van der Waals surface area contributed by atoms with Crippen LogP contribution in [0.2, 0.25) is 0 Å². The van der Waals surface area contributed by atoms with E-state index >= 15 is 0 Å². The molecule has 1 unspecified atom stereocenters. The van der Waals surface area contributed by atoms with Crippen LogP contribution in [-0.2, 0) is 6.42 Å². The molecule has 1 heterocycles. The van der Waals surface area contributed by atoms with Gasteiger partial charge in [0, 0.05) is 24.8 Å². The van der Waals surface area contributed by atoms with Gasteiger partial charge in [0.05, 0.1) is 0 Å². The minimum Gasteiger partial charge on any atom is -0.369 e. The van der Waals surface area contributed by atoms with E-state index in [-0.39, 0.29) is 5.82 Å². The Morgan fingerprint density at radius 2 is 2.14 bits per heavy atom. The van der Waals surface area contributed by atoms with Crippen LogP contribution in [0.1, 0.15) is 44.6 Å². The molecule has 1 N–H and O–H groups in total. The second-order valence-corrected chi connectivity index (χ2v) is 6.57. The molecule has 0 aromatic heterocycles. The van der Waals surface area contributed by atoms with Crippen LogP contribution in [0.5, 0.6) is 0 Å². The van der Waals surface area contributed by atoms with Gasteiger partial charge in [0.1, 0.15) is 5.82 Å². The van der Waals surface area contributed by atoms with Gasteiger partial charge in [-0.15, -0.1) is 0 Å². The molecule has 0 radical (unpaired) electrons. The molecular formula is C18H27FN2. The number of anilines is 1. The fourth-order valence-electron chi connectivity index (χ4n) is 3.92. The Morgan fingerprint density at radius 1 is 1.33 bits per heavy atom. The van der Waals surface area contributed by atoms with Crippen LogP contribution in [-0.4, -0.2) is 25.7 Å². The Balaban J connectivity index is 1.70. The van der Waals surface area contributed by atoms with Crippen molar-refractivity contribution in [3.05, 3.63) is 29.6 Å². The summed E-state index contributed by atoms with van der Waals surface area (Å²) >= 11 is 0. The summed E-state index contributed by atoms with van der Waals surface area (Å²) < 4.78 is 13.5. The molecule has 1 aromatic rings. The zero-order chi connectivity index (χ0) is 14.7. The van der Waals surface area contributed by atoms with E-state index in [4.69, 9.17) is 0 Å². The molecule has 1 aliphatic carbocycles. The minimum atomic E-state index is -0.111. The average molecular weight is 290 g/mol. The predicted molar refractivity (Wildman–Crippen MR) is 86.4 cm³/mol. The Hall–Kier alpha value is -1.09. The summed E-state index contributed by atoms with van der Waals surface area (Å²) in [5.41, 5.74) is 2.42. The number of nitrogens with zero attached hydrogens (tertiary/aromatic N) is 1. The third kappa shape index (κ3) is 3.39. The number of fused-ring (bicyclic) bond motifs is 1. The summed E-state index contributed by atoms with van der Waals surface area (Å²) in [4.78, 5) is 2.39. The zero-order valence-electron chi connectivity index (χ0n) is 13.1. The van der Waals surface area contributed by atoms with Crippen LogP contribution in [0.25, 0.3) is 0 Å². The first-order chi connectivity index (χ1) is 10.3. The monoisotopic (exact) mass is 290 g/mol. The minimum absolute atomic E-state index is 0.111. The summed E-state index contributed by atoms with van der Waals surface area (Å²) in [6.45, 7) is 5.38. The molecule has 1 aliphatic heterocycles. The smallest absolute Gasteiger partial charge is 0.125 e. The molecule has 1 atom stereocenters. The second-order valence-electron chi connectivity index (χ2n) is 6.57. The van der Waals surface area contributed by atoms with Gasteiger partial charge in [-0.05, 0) is 55.8 Å². The molecule has 21 heavy (non-hydrogen) atoms. The first-order valence-electron chi connectivity index (χ1n) is 8.54. The van der Waals surface area contributed by atoms with Crippen molar-refractivity contribution in [2.75, 3.05) is 24.5 Å². The summed E-state index contributed by atoms with van der Waals surface area (Å²) in [7, 11) is 0. The molecule has 2 nitrogen and oxygen atoms in total. The van der Waals surface area contributed by atoms with Gasteiger partial charge in [-0.25, -0.2) is 4.39 Å². The lowest BCUT2D eigenvalue weighted by Gasteiger charge is -2.31. The van der Waals surface area contributed by atoms with Crippen molar-refractivity contribution in [3.8, 4) is 0 Å². The lowest BCUT2D eigenvalue weighted by atomic mass is 9.97. The Bertz CT molecular complexity index is 468. The molecule has 3 rings (SSSR count). The summed E-state index contributed by atoms with van der Waals surface area (Å²) in [5.74, 6) is 0.689. The van der Waals surface area contributed by atoms with E-state index in [0.717, 1.165) is 37.7 Å². The lowest BCUT2D eigenvalue weighted by Crippen LogP contribution is -2.45. The van der Waals surface area contributed by atoms with Gasteiger partial charge >= 0.3 is 0 Å². The molecule has 0 saturated heterocycles. The fraction of sp³-hybridized carbons (Fsp3) is 0.667. The van der Waals surface area contributed by atoms with Gasteiger partial charge < -0.3 is 10.2 Å². The third-order valence-corrected chi connectivity index (χ3v) is 5.08. The Morgan fingerprint density at radius 3 is 2.90 bits per heavy atom. The van der Waals surface area contributed by atoms with Crippen molar-refractivity contribution in [2.24, 2.45) is 5.92 Å². The SMILES string of the molecule is CCCNC(CN1CCc2ccc(F)cc21)C1CCCC1. The first-order valence-corrected chi connectivity index (χ1v) is 8.54. The van der Waals surface area contributed by atoms with Crippen molar-refractivity contribution in [1.82, 2.24) is 5.32 Å². The highest BCUT2D eigenvalue weighted by atomic mass is 19.1. The van der Waals surface area contributed by atoms with Crippen molar-refractivity contribution in [1.29, 1.82) is 0 Å². The predicted octanol–water partition coefficient (Wildman–Crippen LogP) is 3.75. The van der Waals surface area contributed by atoms with E-state index in [1.54, 1.807) is 12.1 Å². The highest BCUT2D eigenvalue weighted by molar-refractivity contribution is 5.58. The topological polar surface area (TPSA) is 15.3 Å². The van der Waals surface area contributed by atoms with Crippen LogP contribution >= 0.6 is 0 Å². The number of halogens is 1. The van der Waals surface area contributed by atoms with Crippen LogP contribution in [0.4, 0.5) is 10.1 Å². The van der Waals surface area contributed by atoms with Crippen LogP contribution in [0.3, 0.4) is 0 Å². The van der Waals surface area contributed by atoms with E-state index in [0.29, 0.717) is 6.04 Å². The highest BCUT2D eigenvalue weighted by Gasteiger charge is 2.28. The first kappa shape index (κ1) is 14.8. The van der Waals surface area contributed by atoms with Crippen molar-refractivity contribution < 1.29 is 4.39 Å². The maximum atomic E-state index is 13.5. The van der Waals surface area contributed by atoms with E-state index in [1.807, 2.05) is 6.07 Å². The molecule has 1 saturated carbocycles. The number of nitrogens with one attached hydrogen (secondary N) is 1. The lowest BCUT2D eigenvalue weighted by molar-refractivity contribution is 0.359. The second kappa shape index (κ2) is 6.78. The van der Waals surface area contributed by atoms with Gasteiger partial charge in [0.25, 0.3) is 0 Å². The number of hydrogen-bond donors (Lipinski definition) is 1. The summed E-state index contributed by atoms with van der Waals surface area (Å²) in [6, 6.07) is 5.82. The Kier molecular flexibility index (Phi) is 4.79. The van der Waals surface area contributed by atoms with Gasteiger partial charge in [0.15, 0.2) is 0 Å². The molecule has 0 bridgehead atoms. The molecule has 2 aliphatic rings. The largest absolute Gasteiger partial charge is 0.369 e. The number of benzene rings is 1. The quantitative estimate of drug-likeness (QED) is 0.858. The Labute approximate surface area is 127 Å². The molecule has 116 valence electrons. The number of rotatable bonds is 6. The summed E-state index contributed by atoms with van der Waals surface area (Å²) in [5, 5.41) is 3.75. The fourth-order valence-corrected chi connectivity index (χ4v) is 3.92. The van der Waals surface area contributed by atoms with Crippen LogP contribution in [0.15, 0.2) is 18.2 Å². The normalized spacial score (nSPS) is 20.0. The van der Waals surface area contributed by atoms with Crippen LogP contribution < -0.4 is 10.2 Å². The number of hydrogen-bond acceptors (Lipinski definition) is 2. The molecule has 0 spiro atoms. The molecule has 1 fully saturated rings. The van der Waals surface area contributed by atoms with Crippen molar-refractivity contribution >= 4 is 5.69 Å². The van der Waals surface area contributed by atoms with Crippen LogP contribution in [0, 0.1) is 11.7 Å².